The van der Waals surface area contributed by atoms with E-state index in [9.17, 15) is 14.4 Å². The van der Waals surface area contributed by atoms with Crippen molar-refractivity contribution in [1.29, 1.82) is 0 Å². The molecule has 2 aromatic carbocycles. The minimum atomic E-state index is -0.494. The van der Waals surface area contributed by atoms with E-state index < -0.39 is 11.9 Å². The average molecular weight is 419 g/mol. The molecule has 2 N–H and O–H groups in total. The van der Waals surface area contributed by atoms with E-state index in [1.807, 2.05) is 0 Å². The van der Waals surface area contributed by atoms with Gasteiger partial charge in [-0.1, -0.05) is 15.9 Å². The van der Waals surface area contributed by atoms with Crippen molar-refractivity contribution in [2.75, 3.05) is 11.9 Å². The van der Waals surface area contributed by atoms with E-state index in [0.717, 1.165) is 4.47 Å². The molecule has 6 nitrogen and oxygen atoms in total. The number of halogens is 1. The zero-order valence-corrected chi connectivity index (χ0v) is 16.0. The topological polar surface area (TPSA) is 84.5 Å². The van der Waals surface area contributed by atoms with Gasteiger partial charge in [-0.05, 0) is 62.4 Å². The molecule has 0 unspecified atom stereocenters. The summed E-state index contributed by atoms with van der Waals surface area (Å²) < 4.78 is 5.84. The highest BCUT2D eigenvalue weighted by molar-refractivity contribution is 9.10. The molecule has 0 aliphatic rings. The first kappa shape index (κ1) is 19.7. The molecule has 2 aromatic rings. The number of hydrogen-bond acceptors (Lipinski definition) is 4. The third-order valence-electron chi connectivity index (χ3n) is 3.27. The minimum absolute atomic E-state index is 0.195. The second-order valence-corrected chi connectivity index (χ2v) is 6.68. The Morgan fingerprint density at radius 2 is 1.46 bits per heavy atom. The van der Waals surface area contributed by atoms with Crippen LogP contribution in [0.25, 0.3) is 0 Å². The van der Waals surface area contributed by atoms with Gasteiger partial charge in [0, 0.05) is 21.3 Å². The molecule has 0 bridgehead atoms. The van der Waals surface area contributed by atoms with E-state index in [2.05, 4.69) is 26.6 Å². The molecule has 0 saturated carbocycles. The molecule has 26 heavy (non-hydrogen) atoms. The number of carbonyl (C=O) groups excluding carboxylic acids is 3. The van der Waals surface area contributed by atoms with Gasteiger partial charge in [0.05, 0.1) is 6.10 Å². The predicted molar refractivity (Wildman–Crippen MR) is 102 cm³/mol. The van der Waals surface area contributed by atoms with Crippen LogP contribution in [0.3, 0.4) is 0 Å². The summed E-state index contributed by atoms with van der Waals surface area (Å²) in [4.78, 5) is 35.6. The summed E-state index contributed by atoms with van der Waals surface area (Å²) in [6, 6.07) is 13.4. The fraction of sp³-hybridized carbons (Fsp3) is 0.211. The standard InChI is InChI=1S/C19H19BrN2O4/c1-12(2)26-17(23)11-21-18(24)13-5-9-16(10-6-13)22-19(25)14-3-7-15(20)8-4-14/h3-10,12H,11H2,1-2H3,(H,21,24)(H,22,25). The van der Waals surface area contributed by atoms with Crippen molar-refractivity contribution in [1.82, 2.24) is 5.32 Å². The summed E-state index contributed by atoms with van der Waals surface area (Å²) in [5.41, 5.74) is 1.47. The largest absolute Gasteiger partial charge is 0.462 e. The van der Waals surface area contributed by atoms with E-state index >= 15 is 0 Å². The maximum atomic E-state index is 12.2. The molecule has 0 heterocycles. The number of ether oxygens (including phenoxy) is 1. The molecule has 0 fully saturated rings. The highest BCUT2D eigenvalue weighted by Crippen LogP contribution is 2.14. The van der Waals surface area contributed by atoms with Gasteiger partial charge in [0.15, 0.2) is 0 Å². The molecule has 0 aromatic heterocycles. The molecule has 7 heteroatoms. The third-order valence-corrected chi connectivity index (χ3v) is 3.80. The summed E-state index contributed by atoms with van der Waals surface area (Å²) >= 11 is 3.32. The first-order valence-corrected chi connectivity index (χ1v) is 8.79. The fourth-order valence-electron chi connectivity index (χ4n) is 2.07. The summed E-state index contributed by atoms with van der Waals surface area (Å²) in [5, 5.41) is 5.25. The molecular weight excluding hydrogens is 400 g/mol. The Morgan fingerprint density at radius 3 is 2.04 bits per heavy atom. The van der Waals surface area contributed by atoms with Gasteiger partial charge in [0.25, 0.3) is 11.8 Å². The Hall–Kier alpha value is -2.67. The van der Waals surface area contributed by atoms with Crippen LogP contribution >= 0.6 is 15.9 Å². The number of rotatable bonds is 6. The van der Waals surface area contributed by atoms with Gasteiger partial charge in [0.2, 0.25) is 0 Å². The molecule has 0 aliphatic carbocycles. The van der Waals surface area contributed by atoms with Crippen LogP contribution in [-0.4, -0.2) is 30.4 Å². The van der Waals surface area contributed by atoms with Crippen molar-refractivity contribution in [3.05, 3.63) is 64.1 Å². The summed E-state index contributed by atoms with van der Waals surface area (Å²) in [5.74, 6) is -1.13. The Morgan fingerprint density at radius 1 is 0.923 bits per heavy atom. The summed E-state index contributed by atoms with van der Waals surface area (Å²) in [6.07, 6.45) is -0.229. The number of nitrogens with one attached hydrogen (secondary N) is 2. The van der Waals surface area contributed by atoms with E-state index in [1.165, 1.54) is 0 Å². The Labute approximate surface area is 160 Å². The molecule has 0 spiro atoms. The zero-order chi connectivity index (χ0) is 19.1. The van der Waals surface area contributed by atoms with Crippen molar-refractivity contribution in [2.45, 2.75) is 20.0 Å². The van der Waals surface area contributed by atoms with Crippen molar-refractivity contribution in [2.24, 2.45) is 0 Å². The van der Waals surface area contributed by atoms with Crippen LogP contribution < -0.4 is 10.6 Å². The molecular formula is C19H19BrN2O4. The zero-order valence-electron chi connectivity index (χ0n) is 14.4. The van der Waals surface area contributed by atoms with Gasteiger partial charge in [0.1, 0.15) is 6.54 Å². The van der Waals surface area contributed by atoms with Crippen LogP contribution in [0.4, 0.5) is 5.69 Å². The highest BCUT2D eigenvalue weighted by Gasteiger charge is 2.11. The van der Waals surface area contributed by atoms with E-state index in [-0.39, 0.29) is 18.6 Å². The number of benzene rings is 2. The van der Waals surface area contributed by atoms with Crippen molar-refractivity contribution in [3.63, 3.8) is 0 Å². The van der Waals surface area contributed by atoms with Gasteiger partial charge < -0.3 is 15.4 Å². The molecule has 0 atom stereocenters. The van der Waals surface area contributed by atoms with Crippen molar-refractivity contribution >= 4 is 39.4 Å². The first-order chi connectivity index (χ1) is 12.3. The molecule has 0 radical (unpaired) electrons. The Kier molecular flexibility index (Phi) is 6.91. The monoisotopic (exact) mass is 418 g/mol. The van der Waals surface area contributed by atoms with Gasteiger partial charge >= 0.3 is 5.97 Å². The van der Waals surface area contributed by atoms with E-state index in [4.69, 9.17) is 4.74 Å². The quantitative estimate of drug-likeness (QED) is 0.704. The lowest BCUT2D eigenvalue weighted by atomic mass is 10.1. The van der Waals surface area contributed by atoms with E-state index in [1.54, 1.807) is 62.4 Å². The fourth-order valence-corrected chi connectivity index (χ4v) is 2.33. The van der Waals surface area contributed by atoms with Crippen LogP contribution in [-0.2, 0) is 9.53 Å². The molecule has 2 amide bonds. The van der Waals surface area contributed by atoms with Gasteiger partial charge in [-0.2, -0.15) is 0 Å². The molecule has 2 rings (SSSR count). The van der Waals surface area contributed by atoms with E-state index in [0.29, 0.717) is 16.8 Å². The summed E-state index contributed by atoms with van der Waals surface area (Å²) in [7, 11) is 0. The third kappa shape index (κ3) is 6.00. The van der Waals surface area contributed by atoms with Gasteiger partial charge in [-0.25, -0.2) is 0 Å². The lowest BCUT2D eigenvalue weighted by Crippen LogP contribution is -2.31. The second kappa shape index (κ2) is 9.15. The smallest absolute Gasteiger partial charge is 0.325 e. The van der Waals surface area contributed by atoms with Gasteiger partial charge in [-0.3, -0.25) is 14.4 Å². The van der Waals surface area contributed by atoms with Crippen molar-refractivity contribution < 1.29 is 19.1 Å². The van der Waals surface area contributed by atoms with Crippen LogP contribution in [0.2, 0.25) is 0 Å². The first-order valence-electron chi connectivity index (χ1n) is 8.00. The number of carbonyl (C=O) groups is 3. The Bertz CT molecular complexity index is 786. The Balaban J connectivity index is 1.91. The van der Waals surface area contributed by atoms with Crippen LogP contribution in [0.15, 0.2) is 53.0 Å². The van der Waals surface area contributed by atoms with Crippen LogP contribution in [0.5, 0.6) is 0 Å². The summed E-state index contributed by atoms with van der Waals surface area (Å²) in [6.45, 7) is 3.28. The minimum Gasteiger partial charge on any atom is -0.462 e. The second-order valence-electron chi connectivity index (χ2n) is 5.76. The SMILES string of the molecule is CC(C)OC(=O)CNC(=O)c1ccc(NC(=O)c2ccc(Br)cc2)cc1. The maximum absolute atomic E-state index is 12.2. The van der Waals surface area contributed by atoms with Gasteiger partial charge in [-0.15, -0.1) is 0 Å². The number of esters is 1. The molecule has 0 saturated heterocycles. The number of anilines is 1. The van der Waals surface area contributed by atoms with Crippen molar-refractivity contribution in [3.8, 4) is 0 Å². The predicted octanol–water partition coefficient (Wildman–Crippen LogP) is 3.38. The maximum Gasteiger partial charge on any atom is 0.325 e. The lowest BCUT2D eigenvalue weighted by Gasteiger charge is -2.09. The average Bonchev–Trinajstić information content (AvgIpc) is 2.60. The van der Waals surface area contributed by atoms with Crippen LogP contribution in [0.1, 0.15) is 34.6 Å². The molecule has 0 aliphatic heterocycles. The molecule has 136 valence electrons. The number of hydrogen-bond donors (Lipinski definition) is 2. The van der Waals surface area contributed by atoms with Crippen LogP contribution in [0, 0.1) is 0 Å². The lowest BCUT2D eigenvalue weighted by molar-refractivity contribution is -0.146. The normalized spacial score (nSPS) is 10.3. The highest BCUT2D eigenvalue weighted by atomic mass is 79.9. The number of amides is 2.